The van der Waals surface area contributed by atoms with Gasteiger partial charge in [-0.3, -0.25) is 4.79 Å². The molecule has 1 heterocycles. The summed E-state index contributed by atoms with van der Waals surface area (Å²) >= 11 is 5.85. The average molecular weight is 408 g/mol. The summed E-state index contributed by atoms with van der Waals surface area (Å²) in [7, 11) is 1.63. The molecule has 0 atom stereocenters. The lowest BCUT2D eigenvalue weighted by Gasteiger charge is -2.24. The number of ketones is 1. The summed E-state index contributed by atoms with van der Waals surface area (Å²) in [6, 6.07) is 8.47. The predicted molar refractivity (Wildman–Crippen MR) is 107 cm³/mol. The smallest absolute Gasteiger partial charge is 0.350 e. The number of esters is 1. The Hall–Kier alpha value is -2.31. The Balaban J connectivity index is 1.99. The van der Waals surface area contributed by atoms with Crippen LogP contribution in [0.3, 0.4) is 0 Å². The Kier molecular flexibility index (Phi) is 7.27. The van der Waals surface area contributed by atoms with Crippen molar-refractivity contribution in [2.75, 3.05) is 20.3 Å². The van der Waals surface area contributed by atoms with Gasteiger partial charge in [0.1, 0.15) is 5.75 Å². The van der Waals surface area contributed by atoms with Crippen molar-refractivity contribution >= 4 is 23.4 Å². The number of hydrogen-bond donors (Lipinski definition) is 0. The van der Waals surface area contributed by atoms with E-state index < -0.39 is 11.6 Å². The molecule has 0 saturated carbocycles. The minimum Gasteiger partial charge on any atom is -0.476 e. The van der Waals surface area contributed by atoms with Crippen LogP contribution in [0.1, 0.15) is 35.6 Å². The molecule has 0 aliphatic carbocycles. The van der Waals surface area contributed by atoms with Crippen LogP contribution in [0.5, 0.6) is 5.75 Å². The van der Waals surface area contributed by atoms with E-state index in [1.807, 2.05) is 18.4 Å². The van der Waals surface area contributed by atoms with Crippen molar-refractivity contribution in [3.8, 4) is 5.75 Å². The molecule has 0 aliphatic rings. The number of carbonyl (C=O) groups is 2. The maximum absolute atomic E-state index is 12.6. The first-order chi connectivity index (χ1) is 13.2. The van der Waals surface area contributed by atoms with Crippen molar-refractivity contribution in [2.45, 2.75) is 39.8 Å². The summed E-state index contributed by atoms with van der Waals surface area (Å²) in [6.45, 7) is 7.83. The number of ether oxygens (including phenoxy) is 3. The van der Waals surface area contributed by atoms with Gasteiger partial charge in [-0.15, -0.1) is 0 Å². The molecule has 0 aliphatic heterocycles. The standard InChI is InChI=1S/C21H26ClNO5/c1-14-12-18(15(2)23(14)10-11-26-5)19(24)13-27-20(25)21(3,4)28-17-8-6-16(22)7-9-17/h6-9,12H,10-11,13H2,1-5H3. The van der Waals surface area contributed by atoms with Gasteiger partial charge < -0.3 is 18.8 Å². The minimum absolute atomic E-state index is 0.257. The van der Waals surface area contributed by atoms with E-state index in [1.165, 1.54) is 0 Å². The molecule has 28 heavy (non-hydrogen) atoms. The first kappa shape index (κ1) is 22.0. The van der Waals surface area contributed by atoms with Gasteiger partial charge in [-0.25, -0.2) is 4.79 Å². The van der Waals surface area contributed by atoms with Crippen molar-refractivity contribution in [2.24, 2.45) is 0 Å². The van der Waals surface area contributed by atoms with Crippen molar-refractivity contribution in [3.63, 3.8) is 0 Å². The summed E-state index contributed by atoms with van der Waals surface area (Å²) in [5.74, 6) is -0.393. The molecule has 6 nitrogen and oxygen atoms in total. The average Bonchev–Trinajstić information content (AvgIpc) is 2.93. The molecule has 0 saturated heterocycles. The van der Waals surface area contributed by atoms with E-state index in [4.69, 9.17) is 25.8 Å². The van der Waals surface area contributed by atoms with Crippen LogP contribution in [0.25, 0.3) is 0 Å². The summed E-state index contributed by atoms with van der Waals surface area (Å²) in [4.78, 5) is 25.0. The molecule has 1 aromatic carbocycles. The molecule has 0 N–H and O–H groups in total. The van der Waals surface area contributed by atoms with Crippen LogP contribution in [0.4, 0.5) is 0 Å². The Morgan fingerprint density at radius 2 is 1.79 bits per heavy atom. The fourth-order valence-corrected chi connectivity index (χ4v) is 2.96. The van der Waals surface area contributed by atoms with Gasteiger partial charge in [-0.2, -0.15) is 0 Å². The predicted octanol–water partition coefficient (Wildman–Crippen LogP) is 3.99. The van der Waals surface area contributed by atoms with Gasteiger partial charge >= 0.3 is 5.97 Å². The molecule has 0 unspecified atom stereocenters. The number of aromatic nitrogens is 1. The van der Waals surface area contributed by atoms with Gasteiger partial charge in [0, 0.05) is 35.6 Å². The third kappa shape index (κ3) is 5.36. The number of carbonyl (C=O) groups excluding carboxylic acids is 2. The lowest BCUT2D eigenvalue weighted by atomic mass is 10.1. The minimum atomic E-state index is -1.25. The fourth-order valence-electron chi connectivity index (χ4n) is 2.83. The van der Waals surface area contributed by atoms with Crippen LogP contribution in [0.2, 0.25) is 5.02 Å². The number of halogens is 1. The van der Waals surface area contributed by atoms with Crippen molar-refractivity contribution in [1.29, 1.82) is 0 Å². The van der Waals surface area contributed by atoms with Gasteiger partial charge in [0.05, 0.1) is 6.61 Å². The Morgan fingerprint density at radius 3 is 2.39 bits per heavy atom. The zero-order valence-electron chi connectivity index (χ0n) is 16.9. The normalized spacial score (nSPS) is 11.4. The second-order valence-electron chi connectivity index (χ2n) is 6.99. The van der Waals surface area contributed by atoms with Gasteiger partial charge in [0.25, 0.3) is 0 Å². The number of Topliss-reactive ketones (excluding diaryl/α,β-unsaturated/α-hetero) is 1. The third-order valence-corrected chi connectivity index (χ3v) is 4.66. The largest absolute Gasteiger partial charge is 0.476 e. The second kappa shape index (κ2) is 9.26. The van der Waals surface area contributed by atoms with Crippen LogP contribution in [0.15, 0.2) is 30.3 Å². The first-order valence-corrected chi connectivity index (χ1v) is 9.34. The zero-order chi connectivity index (χ0) is 20.9. The molecule has 2 aromatic rings. The lowest BCUT2D eigenvalue weighted by molar-refractivity contribution is -0.158. The van der Waals surface area contributed by atoms with Gasteiger partial charge in [0.2, 0.25) is 5.78 Å². The number of aryl methyl sites for hydroxylation is 1. The summed E-state index contributed by atoms with van der Waals surface area (Å²) in [5.41, 5.74) is 1.07. The quantitative estimate of drug-likeness (QED) is 0.464. The molecule has 0 amide bonds. The maximum atomic E-state index is 12.6. The van der Waals surface area contributed by atoms with Crippen LogP contribution < -0.4 is 4.74 Å². The topological polar surface area (TPSA) is 66.8 Å². The number of nitrogens with zero attached hydrogens (tertiary/aromatic N) is 1. The van der Waals surface area contributed by atoms with Crippen molar-refractivity contribution in [3.05, 3.63) is 52.3 Å². The van der Waals surface area contributed by atoms with E-state index in [2.05, 4.69) is 0 Å². The summed E-state index contributed by atoms with van der Waals surface area (Å²) < 4.78 is 18.0. The second-order valence-corrected chi connectivity index (χ2v) is 7.43. The highest BCUT2D eigenvalue weighted by atomic mass is 35.5. The molecular weight excluding hydrogens is 382 g/mol. The highest BCUT2D eigenvalue weighted by Crippen LogP contribution is 2.22. The molecule has 2 rings (SSSR count). The van der Waals surface area contributed by atoms with Crippen LogP contribution in [-0.2, 0) is 20.8 Å². The van der Waals surface area contributed by atoms with E-state index in [0.29, 0.717) is 29.5 Å². The third-order valence-electron chi connectivity index (χ3n) is 4.41. The molecule has 0 fully saturated rings. The highest BCUT2D eigenvalue weighted by Gasteiger charge is 2.32. The maximum Gasteiger partial charge on any atom is 0.350 e. The number of methoxy groups -OCH3 is 1. The van der Waals surface area contributed by atoms with Crippen molar-refractivity contribution < 1.29 is 23.8 Å². The van der Waals surface area contributed by atoms with E-state index in [-0.39, 0.29) is 12.4 Å². The Bertz CT molecular complexity index is 839. The van der Waals surface area contributed by atoms with E-state index in [1.54, 1.807) is 51.3 Å². The van der Waals surface area contributed by atoms with E-state index in [9.17, 15) is 9.59 Å². The molecular formula is C21H26ClNO5. The van der Waals surface area contributed by atoms with Gasteiger partial charge in [0.15, 0.2) is 12.2 Å². The first-order valence-electron chi connectivity index (χ1n) is 8.96. The highest BCUT2D eigenvalue weighted by molar-refractivity contribution is 6.30. The molecule has 1 aromatic heterocycles. The number of benzene rings is 1. The molecule has 0 bridgehead atoms. The summed E-state index contributed by atoms with van der Waals surface area (Å²) in [5, 5.41) is 0.571. The van der Waals surface area contributed by atoms with Crippen LogP contribution in [-0.4, -0.2) is 42.2 Å². The zero-order valence-corrected chi connectivity index (χ0v) is 17.6. The van der Waals surface area contributed by atoms with E-state index >= 15 is 0 Å². The fraction of sp³-hybridized carbons (Fsp3) is 0.429. The van der Waals surface area contributed by atoms with Crippen LogP contribution >= 0.6 is 11.6 Å². The number of rotatable bonds is 9. The SMILES string of the molecule is COCCn1c(C)cc(C(=O)COC(=O)C(C)(C)Oc2ccc(Cl)cc2)c1C. The van der Waals surface area contributed by atoms with Crippen LogP contribution in [0, 0.1) is 13.8 Å². The molecule has 0 spiro atoms. The Labute approximate surface area is 170 Å². The summed E-state index contributed by atoms with van der Waals surface area (Å²) in [6.07, 6.45) is 0. The molecule has 0 radical (unpaired) electrons. The van der Waals surface area contributed by atoms with Gasteiger partial charge in [-0.05, 0) is 58.0 Å². The van der Waals surface area contributed by atoms with Gasteiger partial charge in [-0.1, -0.05) is 11.6 Å². The lowest BCUT2D eigenvalue weighted by Crippen LogP contribution is -2.40. The number of hydrogen-bond acceptors (Lipinski definition) is 5. The Morgan fingerprint density at radius 1 is 1.14 bits per heavy atom. The molecule has 7 heteroatoms. The van der Waals surface area contributed by atoms with Crippen molar-refractivity contribution in [1.82, 2.24) is 4.57 Å². The monoisotopic (exact) mass is 407 g/mol. The van der Waals surface area contributed by atoms with E-state index in [0.717, 1.165) is 11.4 Å². The molecule has 152 valence electrons.